The zero-order valence-corrected chi connectivity index (χ0v) is 10.6. The van der Waals surface area contributed by atoms with Crippen molar-refractivity contribution in [3.8, 4) is 0 Å². The molecule has 4 heteroatoms. The Hall–Kier alpha value is 0.170. The first kappa shape index (κ1) is 11.6. The summed E-state index contributed by atoms with van der Waals surface area (Å²) < 4.78 is 6.04. The van der Waals surface area contributed by atoms with Crippen molar-refractivity contribution in [3.63, 3.8) is 0 Å². The Morgan fingerprint density at radius 3 is 2.40 bits per heavy atom. The van der Waals surface area contributed by atoms with Crippen molar-refractivity contribution in [2.75, 3.05) is 14.1 Å². The van der Waals surface area contributed by atoms with Crippen molar-refractivity contribution in [2.24, 2.45) is 0 Å². The molecule has 0 bridgehead atoms. The molecule has 1 saturated carbocycles. The topological polar surface area (TPSA) is 15.7 Å². The third kappa shape index (κ3) is 2.31. The number of alkyl halides is 1. The number of rotatable bonds is 2. The Labute approximate surface area is 97.3 Å². The predicted octanol–water partition coefficient (Wildman–Crippen LogP) is 2.06. The lowest BCUT2D eigenvalue weighted by Gasteiger charge is -2.47. The molecule has 2 rings (SSSR count). The van der Waals surface area contributed by atoms with Crippen LogP contribution in [0.1, 0.15) is 32.6 Å². The highest BCUT2D eigenvalue weighted by Gasteiger charge is 2.36. The molecule has 1 aliphatic heterocycles. The van der Waals surface area contributed by atoms with Crippen LogP contribution in [0.25, 0.3) is 0 Å². The summed E-state index contributed by atoms with van der Waals surface area (Å²) in [4.78, 5) is 4.31. The van der Waals surface area contributed by atoms with Crippen molar-refractivity contribution in [1.29, 1.82) is 0 Å². The van der Waals surface area contributed by atoms with Gasteiger partial charge in [-0.2, -0.15) is 0 Å². The standard InChI is InChI=1S/C11H21ClN2O/c1-8-7-10(15-9-5-4-6-9)14(3)11(12)13(8)2/h8-11H,4-7H2,1-3H3. The van der Waals surface area contributed by atoms with Crippen molar-refractivity contribution in [3.05, 3.63) is 0 Å². The molecule has 0 aromatic carbocycles. The van der Waals surface area contributed by atoms with Crippen molar-refractivity contribution < 1.29 is 4.74 Å². The van der Waals surface area contributed by atoms with E-state index in [9.17, 15) is 0 Å². The summed E-state index contributed by atoms with van der Waals surface area (Å²) in [6.07, 6.45) is 5.50. The fraction of sp³-hybridized carbons (Fsp3) is 1.00. The molecule has 88 valence electrons. The van der Waals surface area contributed by atoms with E-state index < -0.39 is 0 Å². The summed E-state index contributed by atoms with van der Waals surface area (Å²) in [5.74, 6) is 0. The van der Waals surface area contributed by atoms with Crippen LogP contribution in [0.3, 0.4) is 0 Å². The van der Waals surface area contributed by atoms with Gasteiger partial charge in [0.25, 0.3) is 0 Å². The fourth-order valence-corrected chi connectivity index (χ4v) is 2.46. The lowest BCUT2D eigenvalue weighted by molar-refractivity contribution is -0.166. The molecule has 1 heterocycles. The second kappa shape index (κ2) is 4.58. The van der Waals surface area contributed by atoms with Gasteiger partial charge in [-0.3, -0.25) is 9.80 Å². The van der Waals surface area contributed by atoms with E-state index in [0.717, 1.165) is 6.42 Å². The summed E-state index contributed by atoms with van der Waals surface area (Å²) in [6, 6.07) is 0.494. The third-order valence-corrected chi connectivity index (χ3v) is 4.38. The van der Waals surface area contributed by atoms with Gasteiger partial charge in [0.05, 0.1) is 6.10 Å². The van der Waals surface area contributed by atoms with Gasteiger partial charge in [0.1, 0.15) is 11.9 Å². The number of nitrogens with zero attached hydrogens (tertiary/aromatic N) is 2. The Kier molecular flexibility index (Phi) is 3.56. The van der Waals surface area contributed by atoms with Gasteiger partial charge >= 0.3 is 0 Å². The number of hydrogen-bond acceptors (Lipinski definition) is 3. The Morgan fingerprint density at radius 2 is 1.87 bits per heavy atom. The molecule has 0 radical (unpaired) electrons. The van der Waals surface area contributed by atoms with Crippen molar-refractivity contribution >= 4 is 11.6 Å². The smallest absolute Gasteiger partial charge is 0.142 e. The Balaban J connectivity index is 1.92. The quantitative estimate of drug-likeness (QED) is 0.536. The average molecular weight is 233 g/mol. The van der Waals surface area contributed by atoms with Gasteiger partial charge in [-0.05, 0) is 40.3 Å². The van der Waals surface area contributed by atoms with E-state index in [1.807, 2.05) is 7.05 Å². The van der Waals surface area contributed by atoms with Crippen LogP contribution in [0, 0.1) is 0 Å². The molecule has 0 aromatic rings. The largest absolute Gasteiger partial charge is 0.360 e. The maximum Gasteiger partial charge on any atom is 0.142 e. The Morgan fingerprint density at radius 1 is 1.20 bits per heavy atom. The van der Waals surface area contributed by atoms with Gasteiger partial charge in [-0.1, -0.05) is 11.6 Å². The van der Waals surface area contributed by atoms with Crippen LogP contribution in [0.15, 0.2) is 0 Å². The van der Waals surface area contributed by atoms with E-state index in [0.29, 0.717) is 12.1 Å². The monoisotopic (exact) mass is 232 g/mol. The van der Waals surface area contributed by atoms with E-state index in [-0.39, 0.29) is 11.9 Å². The normalized spacial score (nSPS) is 40.4. The summed E-state index contributed by atoms with van der Waals surface area (Å²) in [6.45, 7) is 2.21. The molecule has 1 aliphatic carbocycles. The predicted molar refractivity (Wildman–Crippen MR) is 61.8 cm³/mol. The zero-order chi connectivity index (χ0) is 11.0. The summed E-state index contributed by atoms with van der Waals surface area (Å²) >= 11 is 6.32. The average Bonchev–Trinajstić information content (AvgIpc) is 2.15. The van der Waals surface area contributed by atoms with Crippen LogP contribution >= 0.6 is 11.6 Å². The van der Waals surface area contributed by atoms with E-state index in [4.69, 9.17) is 16.3 Å². The maximum atomic E-state index is 6.32. The molecule has 0 spiro atoms. The van der Waals surface area contributed by atoms with Gasteiger partial charge in [-0.15, -0.1) is 0 Å². The fourth-order valence-electron chi connectivity index (χ4n) is 2.14. The summed E-state index contributed by atoms with van der Waals surface area (Å²) in [5, 5.41) is 0. The van der Waals surface area contributed by atoms with Crippen molar-refractivity contribution in [2.45, 2.75) is 56.6 Å². The second-order valence-electron chi connectivity index (χ2n) is 4.87. The van der Waals surface area contributed by atoms with Gasteiger partial charge in [0, 0.05) is 12.5 Å². The van der Waals surface area contributed by atoms with Gasteiger partial charge < -0.3 is 4.74 Å². The molecule has 15 heavy (non-hydrogen) atoms. The maximum absolute atomic E-state index is 6.32. The molecule has 0 amide bonds. The van der Waals surface area contributed by atoms with E-state index >= 15 is 0 Å². The lowest BCUT2D eigenvalue weighted by atomic mass is 9.96. The molecule has 1 saturated heterocycles. The molecule has 3 nitrogen and oxygen atoms in total. The molecule has 2 aliphatic rings. The molecule has 0 aromatic heterocycles. The molecular weight excluding hydrogens is 212 g/mol. The minimum Gasteiger partial charge on any atom is -0.360 e. The highest BCUT2D eigenvalue weighted by Crippen LogP contribution is 2.30. The molecular formula is C11H21ClN2O. The second-order valence-corrected chi connectivity index (χ2v) is 5.26. The van der Waals surface area contributed by atoms with Crippen LogP contribution < -0.4 is 0 Å². The SMILES string of the molecule is CC1CC(OC2CCC2)N(C)C(Cl)N1C. The van der Waals surface area contributed by atoms with Crippen LogP contribution in [0.5, 0.6) is 0 Å². The van der Waals surface area contributed by atoms with E-state index in [1.165, 1.54) is 19.3 Å². The minimum atomic E-state index is -0.0428. The molecule has 0 N–H and O–H groups in total. The number of ether oxygens (including phenoxy) is 1. The molecule has 3 atom stereocenters. The highest BCUT2D eigenvalue weighted by atomic mass is 35.5. The molecule has 3 unspecified atom stereocenters. The highest BCUT2D eigenvalue weighted by molar-refractivity contribution is 6.20. The van der Waals surface area contributed by atoms with Crippen LogP contribution in [0.2, 0.25) is 0 Å². The van der Waals surface area contributed by atoms with E-state index in [2.05, 4.69) is 23.8 Å². The summed E-state index contributed by atoms with van der Waals surface area (Å²) in [5.41, 5.74) is -0.0428. The van der Waals surface area contributed by atoms with Gasteiger partial charge in [0.2, 0.25) is 0 Å². The minimum absolute atomic E-state index is 0.0428. The van der Waals surface area contributed by atoms with Gasteiger partial charge in [0.15, 0.2) is 0 Å². The first-order valence-corrected chi connectivity index (χ1v) is 6.26. The Bertz CT molecular complexity index is 221. The number of hydrogen-bond donors (Lipinski definition) is 0. The first-order valence-electron chi connectivity index (χ1n) is 5.83. The van der Waals surface area contributed by atoms with Crippen molar-refractivity contribution in [1.82, 2.24) is 9.80 Å². The lowest BCUT2D eigenvalue weighted by Crippen LogP contribution is -2.57. The zero-order valence-electron chi connectivity index (χ0n) is 9.82. The van der Waals surface area contributed by atoms with Crippen LogP contribution in [-0.4, -0.2) is 47.9 Å². The van der Waals surface area contributed by atoms with E-state index in [1.54, 1.807) is 0 Å². The third-order valence-electron chi connectivity index (χ3n) is 3.77. The van der Waals surface area contributed by atoms with Crippen LogP contribution in [0.4, 0.5) is 0 Å². The number of halogens is 1. The van der Waals surface area contributed by atoms with Crippen LogP contribution in [-0.2, 0) is 4.74 Å². The van der Waals surface area contributed by atoms with Gasteiger partial charge in [-0.25, -0.2) is 0 Å². The summed E-state index contributed by atoms with van der Waals surface area (Å²) in [7, 11) is 4.11. The first-order chi connectivity index (χ1) is 7.09. The molecule has 2 fully saturated rings.